The fourth-order valence-corrected chi connectivity index (χ4v) is 5.65. The van der Waals surface area contributed by atoms with Gasteiger partial charge in [0.1, 0.15) is 28.5 Å². The summed E-state index contributed by atoms with van der Waals surface area (Å²) in [6.07, 6.45) is 7.91. The minimum Gasteiger partial charge on any atom is -0.369 e. The predicted octanol–water partition coefficient (Wildman–Crippen LogP) is 5.12. The average molecular weight is 485 g/mol. The van der Waals surface area contributed by atoms with E-state index < -0.39 is 0 Å². The number of anilines is 1. The third kappa shape index (κ3) is 4.34. The zero-order valence-electron chi connectivity index (χ0n) is 15.3. The van der Waals surface area contributed by atoms with E-state index in [0.29, 0.717) is 0 Å². The second-order valence-corrected chi connectivity index (χ2v) is 9.19. The van der Waals surface area contributed by atoms with Gasteiger partial charge in [-0.2, -0.15) is 0 Å². The molecule has 2 aromatic rings. The van der Waals surface area contributed by atoms with E-state index in [1.807, 2.05) is 28.5 Å². The van der Waals surface area contributed by atoms with E-state index in [4.69, 9.17) is 3.07 Å². The summed E-state index contributed by atoms with van der Waals surface area (Å²) in [5.41, 5.74) is 4.50. The number of rotatable bonds is 6. The molecule has 0 bridgehead atoms. The summed E-state index contributed by atoms with van der Waals surface area (Å²) < 4.78 is 6.63. The van der Waals surface area contributed by atoms with Gasteiger partial charge in [-0.05, 0) is 56.7 Å². The summed E-state index contributed by atoms with van der Waals surface area (Å²) in [6.45, 7) is 5.73. The molecule has 4 nitrogen and oxygen atoms in total. The highest BCUT2D eigenvalue weighted by Gasteiger charge is 2.28. The Bertz CT molecular complexity index is 709. The Kier molecular flexibility index (Phi) is 6.67. The van der Waals surface area contributed by atoms with Gasteiger partial charge in [-0.3, -0.25) is 4.90 Å². The SMILES string of the molecule is IOCC[C@@H]1CCCCN1C[C@H]1CCCN(c2cccc3scnc23)C1. The van der Waals surface area contributed by atoms with Gasteiger partial charge in [0.2, 0.25) is 0 Å². The van der Waals surface area contributed by atoms with Gasteiger partial charge in [0.25, 0.3) is 0 Å². The van der Waals surface area contributed by atoms with Crippen molar-refractivity contribution in [3.05, 3.63) is 23.7 Å². The Balaban J connectivity index is 1.42. The molecular formula is C20H28IN3OS. The molecule has 2 saturated heterocycles. The second-order valence-electron chi connectivity index (χ2n) is 7.68. The molecule has 1 aromatic heterocycles. The van der Waals surface area contributed by atoms with Crippen LogP contribution in [0.5, 0.6) is 0 Å². The molecule has 4 rings (SSSR count). The van der Waals surface area contributed by atoms with E-state index in [-0.39, 0.29) is 0 Å². The number of nitrogens with zero attached hydrogens (tertiary/aromatic N) is 3. The Morgan fingerprint density at radius 2 is 2.15 bits per heavy atom. The van der Waals surface area contributed by atoms with Crippen molar-refractivity contribution >= 4 is 50.2 Å². The van der Waals surface area contributed by atoms with Crippen LogP contribution >= 0.6 is 34.3 Å². The quantitative estimate of drug-likeness (QED) is 0.531. The standard InChI is InChI=1S/C20H28IN3OS/c21-25-12-9-17-6-1-2-10-23(17)13-16-5-4-11-24(14-16)18-7-3-8-19-20(18)22-15-26-19/h3,7-8,15-17H,1-2,4-6,9-14H2/t16-,17+/m1/s1. The summed E-state index contributed by atoms with van der Waals surface area (Å²) in [6, 6.07) is 7.34. The molecule has 0 aliphatic carbocycles. The lowest BCUT2D eigenvalue weighted by atomic mass is 9.93. The normalized spacial score (nSPS) is 25.0. The lowest BCUT2D eigenvalue weighted by molar-refractivity contribution is 0.106. The Morgan fingerprint density at radius 1 is 1.19 bits per heavy atom. The van der Waals surface area contributed by atoms with Gasteiger partial charge in [-0.1, -0.05) is 12.5 Å². The smallest absolute Gasteiger partial charge is 0.109 e. The molecule has 2 atom stereocenters. The maximum absolute atomic E-state index is 5.32. The second kappa shape index (κ2) is 9.17. The van der Waals surface area contributed by atoms with Gasteiger partial charge < -0.3 is 7.97 Å². The Morgan fingerprint density at radius 3 is 3.08 bits per heavy atom. The first-order valence-corrected chi connectivity index (χ1v) is 11.7. The molecule has 2 fully saturated rings. The van der Waals surface area contributed by atoms with Crippen LogP contribution in [0.4, 0.5) is 5.69 Å². The molecule has 0 amide bonds. The third-order valence-electron chi connectivity index (χ3n) is 5.97. The topological polar surface area (TPSA) is 28.6 Å². The van der Waals surface area contributed by atoms with Crippen LogP contribution in [0.15, 0.2) is 23.7 Å². The van der Waals surface area contributed by atoms with Crippen LogP contribution < -0.4 is 4.90 Å². The van der Waals surface area contributed by atoms with E-state index in [2.05, 4.69) is 33.0 Å². The summed E-state index contributed by atoms with van der Waals surface area (Å²) in [5.74, 6) is 0.763. The lowest BCUT2D eigenvalue weighted by Crippen LogP contribution is -2.46. The summed E-state index contributed by atoms with van der Waals surface area (Å²) in [4.78, 5) is 9.98. The Labute approximate surface area is 174 Å². The maximum Gasteiger partial charge on any atom is 0.109 e. The highest BCUT2D eigenvalue weighted by molar-refractivity contribution is 14.1. The van der Waals surface area contributed by atoms with Crippen LogP contribution in [-0.4, -0.2) is 48.7 Å². The van der Waals surface area contributed by atoms with Crippen molar-refractivity contribution in [2.45, 2.75) is 44.6 Å². The van der Waals surface area contributed by atoms with Crippen LogP contribution in [0, 0.1) is 5.92 Å². The Hall–Kier alpha value is -0.440. The van der Waals surface area contributed by atoms with E-state index in [1.165, 1.54) is 80.6 Å². The molecule has 6 heteroatoms. The predicted molar refractivity (Wildman–Crippen MR) is 118 cm³/mol. The molecule has 0 N–H and O–H groups in total. The molecule has 0 unspecified atom stereocenters. The fraction of sp³-hybridized carbons (Fsp3) is 0.650. The van der Waals surface area contributed by atoms with E-state index in [0.717, 1.165) is 18.6 Å². The number of halogens is 1. The van der Waals surface area contributed by atoms with Gasteiger partial charge in [-0.15, -0.1) is 11.3 Å². The van der Waals surface area contributed by atoms with Crippen molar-refractivity contribution in [1.29, 1.82) is 0 Å². The molecule has 142 valence electrons. The van der Waals surface area contributed by atoms with Crippen molar-refractivity contribution in [2.24, 2.45) is 5.92 Å². The largest absolute Gasteiger partial charge is 0.369 e. The van der Waals surface area contributed by atoms with Gasteiger partial charge in [0.15, 0.2) is 0 Å². The molecule has 3 heterocycles. The van der Waals surface area contributed by atoms with E-state index in [1.54, 1.807) is 11.3 Å². The number of hydrogen-bond acceptors (Lipinski definition) is 5. The third-order valence-corrected chi connectivity index (χ3v) is 7.20. The zero-order valence-corrected chi connectivity index (χ0v) is 18.3. The minimum absolute atomic E-state index is 0.718. The van der Waals surface area contributed by atoms with Crippen molar-refractivity contribution in [1.82, 2.24) is 9.88 Å². The number of para-hydroxylation sites is 1. The van der Waals surface area contributed by atoms with Crippen molar-refractivity contribution in [2.75, 3.05) is 37.7 Å². The van der Waals surface area contributed by atoms with Crippen LogP contribution in [0.25, 0.3) is 10.2 Å². The summed E-state index contributed by atoms with van der Waals surface area (Å²) >= 11 is 3.78. The van der Waals surface area contributed by atoms with Crippen LogP contribution in [0.1, 0.15) is 38.5 Å². The minimum atomic E-state index is 0.718. The number of hydrogen-bond donors (Lipinski definition) is 0. The monoisotopic (exact) mass is 485 g/mol. The van der Waals surface area contributed by atoms with Gasteiger partial charge >= 0.3 is 0 Å². The highest BCUT2D eigenvalue weighted by atomic mass is 127. The first-order valence-electron chi connectivity index (χ1n) is 9.90. The number of fused-ring (bicyclic) bond motifs is 1. The molecular weight excluding hydrogens is 457 g/mol. The molecule has 0 spiro atoms. The van der Waals surface area contributed by atoms with Crippen LogP contribution in [0.3, 0.4) is 0 Å². The molecule has 1 aromatic carbocycles. The lowest BCUT2D eigenvalue weighted by Gasteiger charge is -2.41. The van der Waals surface area contributed by atoms with Gasteiger partial charge in [0, 0.05) is 25.7 Å². The average Bonchev–Trinajstić information content (AvgIpc) is 3.16. The molecule has 0 saturated carbocycles. The van der Waals surface area contributed by atoms with Crippen LogP contribution in [-0.2, 0) is 3.07 Å². The molecule has 0 radical (unpaired) electrons. The fourth-order valence-electron chi connectivity index (χ4n) is 4.70. The van der Waals surface area contributed by atoms with Crippen molar-refractivity contribution < 1.29 is 3.07 Å². The summed E-state index contributed by atoms with van der Waals surface area (Å²) in [7, 11) is 0. The van der Waals surface area contributed by atoms with E-state index in [9.17, 15) is 0 Å². The number of benzene rings is 1. The number of likely N-dealkylation sites (tertiary alicyclic amines) is 1. The zero-order chi connectivity index (χ0) is 17.8. The maximum atomic E-state index is 5.32. The number of aromatic nitrogens is 1. The highest BCUT2D eigenvalue weighted by Crippen LogP contribution is 2.32. The molecule has 2 aliphatic rings. The first-order chi connectivity index (χ1) is 12.8. The van der Waals surface area contributed by atoms with E-state index >= 15 is 0 Å². The number of piperidine rings is 2. The van der Waals surface area contributed by atoms with Crippen LogP contribution in [0.2, 0.25) is 0 Å². The molecule has 26 heavy (non-hydrogen) atoms. The number of thiazole rings is 1. The molecule has 2 aliphatic heterocycles. The summed E-state index contributed by atoms with van der Waals surface area (Å²) in [5, 5.41) is 0. The van der Waals surface area contributed by atoms with Crippen molar-refractivity contribution in [3.8, 4) is 0 Å². The van der Waals surface area contributed by atoms with Gasteiger partial charge in [0.05, 0.1) is 22.5 Å². The van der Waals surface area contributed by atoms with Crippen molar-refractivity contribution in [3.63, 3.8) is 0 Å². The first kappa shape index (κ1) is 18.9. The van der Waals surface area contributed by atoms with Gasteiger partial charge in [-0.25, -0.2) is 4.98 Å².